The average molecular weight is 524 g/mol. The lowest BCUT2D eigenvalue weighted by atomic mass is 10.2. The van der Waals surface area contributed by atoms with Crippen molar-refractivity contribution in [3.8, 4) is 0 Å². The molecule has 2 aromatic carbocycles. The van der Waals surface area contributed by atoms with E-state index in [0.29, 0.717) is 10.3 Å². The molecular formula is C22H21N9OS3. The van der Waals surface area contributed by atoms with Crippen LogP contribution in [-0.2, 0) is 10.5 Å². The summed E-state index contributed by atoms with van der Waals surface area (Å²) in [7, 11) is 0. The van der Waals surface area contributed by atoms with Crippen LogP contribution >= 0.6 is 34.9 Å². The molecule has 2 heterocycles. The number of anilines is 2. The predicted molar refractivity (Wildman–Crippen MR) is 143 cm³/mol. The number of nitrogens with two attached hydrogens (primary N) is 1. The lowest BCUT2D eigenvalue weighted by Gasteiger charge is -2.02. The van der Waals surface area contributed by atoms with Gasteiger partial charge in [0.05, 0.1) is 5.75 Å². The molecule has 0 atom stereocenters. The van der Waals surface area contributed by atoms with Crippen LogP contribution in [0.15, 0.2) is 81.3 Å². The van der Waals surface area contributed by atoms with Gasteiger partial charge in [-0.25, -0.2) is 10.1 Å². The van der Waals surface area contributed by atoms with Crippen LogP contribution in [0.2, 0.25) is 0 Å². The summed E-state index contributed by atoms with van der Waals surface area (Å²) in [4.78, 5) is 12.3. The molecule has 0 aliphatic heterocycles. The minimum absolute atomic E-state index is 0.0878. The molecule has 0 saturated carbocycles. The van der Waals surface area contributed by atoms with Crippen molar-refractivity contribution in [1.82, 2.24) is 25.1 Å². The molecule has 178 valence electrons. The Morgan fingerprint density at radius 1 is 1.03 bits per heavy atom. The fourth-order valence-electron chi connectivity index (χ4n) is 2.63. The Morgan fingerprint density at radius 3 is 2.60 bits per heavy atom. The van der Waals surface area contributed by atoms with Crippen molar-refractivity contribution in [2.75, 3.05) is 22.3 Å². The predicted octanol–water partition coefficient (Wildman–Crippen LogP) is 3.98. The maximum Gasteiger partial charge on any atom is 0.264 e. The van der Waals surface area contributed by atoms with E-state index < -0.39 is 0 Å². The molecule has 0 unspecified atom stereocenters. The molecule has 35 heavy (non-hydrogen) atoms. The Balaban J connectivity index is 1.20. The number of nitrogens with one attached hydrogen (secondary N) is 2. The monoisotopic (exact) mass is 523 g/mol. The molecule has 4 aromatic rings. The van der Waals surface area contributed by atoms with Crippen LogP contribution in [0.25, 0.3) is 6.08 Å². The Kier molecular flexibility index (Phi) is 8.86. The quantitative estimate of drug-likeness (QED) is 0.0876. The molecule has 0 aliphatic carbocycles. The fraction of sp³-hybridized carbons (Fsp3) is 0.0909. The van der Waals surface area contributed by atoms with Gasteiger partial charge in [-0.05, 0) is 17.2 Å². The van der Waals surface area contributed by atoms with Gasteiger partial charge in [-0.15, -0.1) is 20.4 Å². The van der Waals surface area contributed by atoms with Gasteiger partial charge in [0.2, 0.25) is 16.2 Å². The molecule has 0 spiro atoms. The standard InChI is InChI=1S/C22H21N9OS3/c23-31-19(26-24-13-7-12-16-8-3-1-4-9-16)27-29-21(31)33-15-18(32)25-20-28-30-22(35-20)34-14-17-10-5-2-6-11-17/h1-13H,14-15,23H2,(H,26,27)(H,25,28,32)/b12-7+,24-13+. The summed E-state index contributed by atoms with van der Waals surface area (Å²) in [6.07, 6.45) is 5.29. The molecule has 1 amide bonds. The summed E-state index contributed by atoms with van der Waals surface area (Å²) in [6.45, 7) is 0. The molecule has 4 N–H and O–H groups in total. The van der Waals surface area contributed by atoms with E-state index in [1.54, 1.807) is 24.1 Å². The largest absolute Gasteiger partial charge is 0.334 e. The lowest BCUT2D eigenvalue weighted by Crippen LogP contribution is -2.16. The van der Waals surface area contributed by atoms with Crippen LogP contribution < -0.4 is 16.6 Å². The van der Waals surface area contributed by atoms with Crippen LogP contribution in [0.3, 0.4) is 0 Å². The van der Waals surface area contributed by atoms with Crippen molar-refractivity contribution in [1.29, 1.82) is 0 Å². The maximum atomic E-state index is 12.3. The first kappa shape index (κ1) is 24.4. The van der Waals surface area contributed by atoms with E-state index in [9.17, 15) is 4.79 Å². The number of nitrogens with zero attached hydrogens (tertiary/aromatic N) is 6. The van der Waals surface area contributed by atoms with Gasteiger partial charge in [0.15, 0.2) is 4.34 Å². The van der Waals surface area contributed by atoms with Gasteiger partial charge in [0, 0.05) is 12.0 Å². The second kappa shape index (κ2) is 12.7. The second-order valence-electron chi connectivity index (χ2n) is 6.82. The number of rotatable bonds is 11. The summed E-state index contributed by atoms with van der Waals surface area (Å²) in [5.74, 6) is 6.88. The zero-order valence-electron chi connectivity index (χ0n) is 18.3. The number of hydrogen-bond acceptors (Lipinski definition) is 11. The van der Waals surface area contributed by atoms with Crippen molar-refractivity contribution >= 4 is 64.1 Å². The summed E-state index contributed by atoms with van der Waals surface area (Å²) >= 11 is 4.05. The number of benzene rings is 2. The summed E-state index contributed by atoms with van der Waals surface area (Å²) in [5.41, 5.74) is 4.98. The van der Waals surface area contributed by atoms with Crippen LogP contribution in [0.5, 0.6) is 0 Å². The Morgan fingerprint density at radius 2 is 1.80 bits per heavy atom. The smallest absolute Gasteiger partial charge is 0.264 e. The van der Waals surface area contributed by atoms with Crippen LogP contribution in [0.1, 0.15) is 11.1 Å². The van der Waals surface area contributed by atoms with Crippen molar-refractivity contribution < 1.29 is 4.79 Å². The number of allylic oxidation sites excluding steroid dienone is 1. The number of nitrogen functional groups attached to an aromatic ring is 1. The van der Waals surface area contributed by atoms with Gasteiger partial charge in [-0.3, -0.25) is 10.1 Å². The van der Waals surface area contributed by atoms with Crippen molar-refractivity contribution in [2.45, 2.75) is 15.2 Å². The van der Waals surface area contributed by atoms with E-state index in [4.69, 9.17) is 5.84 Å². The van der Waals surface area contributed by atoms with Gasteiger partial charge >= 0.3 is 0 Å². The summed E-state index contributed by atoms with van der Waals surface area (Å²) in [5, 5.41) is 23.7. The molecule has 0 radical (unpaired) electrons. The first-order valence-electron chi connectivity index (χ1n) is 10.3. The van der Waals surface area contributed by atoms with Gasteiger partial charge in [-0.1, -0.05) is 102 Å². The summed E-state index contributed by atoms with van der Waals surface area (Å²) in [6, 6.07) is 19.9. The molecule has 13 heteroatoms. The van der Waals surface area contributed by atoms with Crippen LogP contribution in [0.4, 0.5) is 11.1 Å². The minimum Gasteiger partial charge on any atom is -0.334 e. The highest BCUT2D eigenvalue weighted by molar-refractivity contribution is 8.00. The zero-order valence-corrected chi connectivity index (χ0v) is 20.8. The SMILES string of the molecule is Nn1c(N/N=C/C=C/c2ccccc2)nnc1SCC(=O)Nc1nnc(SCc2ccccc2)s1. The molecule has 10 nitrogen and oxygen atoms in total. The number of amides is 1. The first-order valence-corrected chi connectivity index (χ1v) is 13.1. The number of carbonyl (C=O) groups is 1. The number of hydrazone groups is 1. The number of hydrogen-bond donors (Lipinski definition) is 3. The fourth-order valence-corrected chi connectivity index (χ4v) is 5.01. The molecular weight excluding hydrogens is 503 g/mol. The first-order chi connectivity index (χ1) is 17.2. The normalized spacial score (nSPS) is 11.3. The third-order valence-electron chi connectivity index (χ3n) is 4.27. The lowest BCUT2D eigenvalue weighted by molar-refractivity contribution is -0.113. The molecule has 4 rings (SSSR count). The molecule has 2 aromatic heterocycles. The Hall–Kier alpha value is -3.68. The van der Waals surface area contributed by atoms with Gasteiger partial charge in [-0.2, -0.15) is 5.10 Å². The van der Waals surface area contributed by atoms with Gasteiger partial charge < -0.3 is 5.84 Å². The number of thioether (sulfide) groups is 2. The number of carbonyl (C=O) groups excluding carboxylic acids is 1. The third kappa shape index (κ3) is 7.67. The molecule has 0 aliphatic rings. The second-order valence-corrected chi connectivity index (χ2v) is 9.96. The van der Waals surface area contributed by atoms with E-state index in [1.165, 1.54) is 21.6 Å². The highest BCUT2D eigenvalue weighted by Crippen LogP contribution is 2.28. The Bertz CT molecular complexity index is 1290. The van der Waals surface area contributed by atoms with E-state index >= 15 is 0 Å². The topological polar surface area (TPSA) is 136 Å². The van der Waals surface area contributed by atoms with Crippen molar-refractivity contribution in [3.05, 3.63) is 77.9 Å². The van der Waals surface area contributed by atoms with Crippen LogP contribution in [-0.4, -0.2) is 42.9 Å². The third-order valence-corrected chi connectivity index (χ3v) is 7.25. The molecule has 0 saturated heterocycles. The van der Waals surface area contributed by atoms with E-state index in [-0.39, 0.29) is 17.6 Å². The molecule has 0 fully saturated rings. The summed E-state index contributed by atoms with van der Waals surface area (Å²) < 4.78 is 2.02. The van der Waals surface area contributed by atoms with Crippen molar-refractivity contribution in [3.63, 3.8) is 0 Å². The number of aromatic nitrogens is 5. The molecule has 0 bridgehead atoms. The maximum absolute atomic E-state index is 12.3. The zero-order chi connectivity index (χ0) is 24.3. The van der Waals surface area contributed by atoms with E-state index in [0.717, 1.165) is 27.4 Å². The Labute approximate surface area is 214 Å². The minimum atomic E-state index is -0.243. The van der Waals surface area contributed by atoms with Crippen LogP contribution in [0, 0.1) is 0 Å². The van der Waals surface area contributed by atoms with Crippen molar-refractivity contribution in [2.24, 2.45) is 5.10 Å². The average Bonchev–Trinajstić information content (AvgIpc) is 3.48. The highest BCUT2D eigenvalue weighted by Gasteiger charge is 2.13. The highest BCUT2D eigenvalue weighted by atomic mass is 32.2. The van der Waals surface area contributed by atoms with E-state index in [2.05, 4.69) is 48.4 Å². The van der Waals surface area contributed by atoms with E-state index in [1.807, 2.05) is 54.6 Å². The van der Waals surface area contributed by atoms with Gasteiger partial charge in [0.25, 0.3) is 5.95 Å². The van der Waals surface area contributed by atoms with Gasteiger partial charge in [0.1, 0.15) is 0 Å².